The summed E-state index contributed by atoms with van der Waals surface area (Å²) in [4.78, 5) is 2.26. The van der Waals surface area contributed by atoms with Gasteiger partial charge in [0.1, 0.15) is 10.8 Å². The quantitative estimate of drug-likeness (QED) is 0.358. The van der Waals surface area contributed by atoms with Crippen LogP contribution in [0.4, 0.5) is 0 Å². The molecule has 7 heteroatoms. The summed E-state index contributed by atoms with van der Waals surface area (Å²) in [7, 11) is 0. The molecule has 20 heavy (non-hydrogen) atoms. The van der Waals surface area contributed by atoms with Crippen LogP contribution in [0.1, 0.15) is 19.4 Å². The minimum absolute atomic E-state index is 0.126. The van der Waals surface area contributed by atoms with E-state index in [4.69, 9.17) is 28.4 Å². The third kappa shape index (κ3) is 4.74. The van der Waals surface area contributed by atoms with E-state index >= 15 is 0 Å². The predicted molar refractivity (Wildman–Crippen MR) is 86.7 cm³/mol. The lowest BCUT2D eigenvalue weighted by molar-refractivity contribution is 0.320. The lowest BCUT2D eigenvalue weighted by Crippen LogP contribution is -2.25. The highest BCUT2D eigenvalue weighted by Gasteiger charge is 2.15. The maximum atomic E-state index is 9.92. The molecule has 0 aliphatic rings. The van der Waals surface area contributed by atoms with Gasteiger partial charge in [-0.2, -0.15) is 0 Å². The van der Waals surface area contributed by atoms with Gasteiger partial charge in [0, 0.05) is 17.3 Å². The van der Waals surface area contributed by atoms with Gasteiger partial charge in [-0.25, -0.2) is 0 Å². The second kappa shape index (κ2) is 8.62. The smallest absolute Gasteiger partial charge is 0.146 e. The number of oxime groups is 1. The fraction of sp³-hybridized carbons (Fsp3) is 0.462. The summed E-state index contributed by atoms with van der Waals surface area (Å²) < 4.78 is 0. The van der Waals surface area contributed by atoms with Gasteiger partial charge < -0.3 is 15.2 Å². The van der Waals surface area contributed by atoms with Crippen molar-refractivity contribution >= 4 is 40.0 Å². The lowest BCUT2D eigenvalue weighted by atomic mass is 10.2. The molecule has 0 aliphatic heterocycles. The average Bonchev–Trinajstić information content (AvgIpc) is 2.43. The van der Waals surface area contributed by atoms with Crippen molar-refractivity contribution in [2.45, 2.75) is 13.8 Å². The fourth-order valence-corrected chi connectivity index (χ4v) is 3.11. The van der Waals surface area contributed by atoms with Crippen LogP contribution in [0.3, 0.4) is 0 Å². The fourth-order valence-electron chi connectivity index (χ4n) is 1.70. The van der Waals surface area contributed by atoms with Gasteiger partial charge in [-0.05, 0) is 25.2 Å². The van der Waals surface area contributed by atoms with Gasteiger partial charge in [0.25, 0.3) is 0 Å². The first-order chi connectivity index (χ1) is 9.53. The molecule has 112 valence electrons. The number of phenolic OH excluding ortho intramolecular Hbond substituents is 1. The molecule has 0 amide bonds. The summed E-state index contributed by atoms with van der Waals surface area (Å²) in [5.41, 5.74) is 0.342. The standard InChI is InChI=1S/C13H18Cl2N2O2S/c1-3-17(4-2)5-6-20-13(16-19)10-7-9(14)8-11(15)12(10)18/h7-8,18-19H,3-6H2,1-2H3/b16-13+. The molecule has 0 aliphatic carbocycles. The van der Waals surface area contributed by atoms with Crippen LogP contribution in [0.2, 0.25) is 10.0 Å². The van der Waals surface area contributed by atoms with E-state index in [1.807, 2.05) is 0 Å². The van der Waals surface area contributed by atoms with Crippen LogP contribution in [0.15, 0.2) is 17.3 Å². The summed E-state index contributed by atoms with van der Waals surface area (Å²) in [5.74, 6) is 0.615. The predicted octanol–water partition coefficient (Wildman–Crippen LogP) is 3.91. The zero-order valence-electron chi connectivity index (χ0n) is 11.4. The normalized spacial score (nSPS) is 12.2. The minimum atomic E-state index is -0.126. The second-order valence-corrected chi connectivity index (χ2v) is 5.99. The largest absolute Gasteiger partial charge is 0.506 e. The van der Waals surface area contributed by atoms with E-state index in [0.29, 0.717) is 15.6 Å². The lowest BCUT2D eigenvalue weighted by Gasteiger charge is -2.17. The number of benzene rings is 1. The number of rotatable bonds is 6. The Labute approximate surface area is 133 Å². The van der Waals surface area contributed by atoms with Crippen molar-refractivity contribution in [3.8, 4) is 5.75 Å². The average molecular weight is 337 g/mol. The highest BCUT2D eigenvalue weighted by atomic mass is 35.5. The van der Waals surface area contributed by atoms with Crippen molar-refractivity contribution in [2.75, 3.05) is 25.4 Å². The van der Waals surface area contributed by atoms with Crippen molar-refractivity contribution in [1.82, 2.24) is 4.90 Å². The highest BCUT2D eigenvalue weighted by Crippen LogP contribution is 2.33. The Hall–Kier alpha value is -0.620. The minimum Gasteiger partial charge on any atom is -0.506 e. The van der Waals surface area contributed by atoms with Crippen molar-refractivity contribution < 1.29 is 10.3 Å². The third-order valence-electron chi connectivity index (χ3n) is 2.89. The zero-order valence-corrected chi connectivity index (χ0v) is 13.8. The molecule has 0 radical (unpaired) electrons. The van der Waals surface area contributed by atoms with Gasteiger partial charge in [0.15, 0.2) is 0 Å². The molecule has 1 aromatic rings. The van der Waals surface area contributed by atoms with Crippen molar-refractivity contribution in [3.63, 3.8) is 0 Å². The first-order valence-electron chi connectivity index (χ1n) is 6.29. The first-order valence-corrected chi connectivity index (χ1v) is 8.03. The van der Waals surface area contributed by atoms with Crippen LogP contribution in [0.5, 0.6) is 5.75 Å². The Balaban J connectivity index is 2.78. The van der Waals surface area contributed by atoms with E-state index in [1.54, 1.807) is 0 Å². The Morgan fingerprint density at radius 2 is 1.95 bits per heavy atom. The Bertz CT molecular complexity index is 480. The van der Waals surface area contributed by atoms with Crippen LogP contribution in [0, 0.1) is 0 Å². The Kier molecular flexibility index (Phi) is 7.51. The molecular formula is C13H18Cl2N2O2S. The van der Waals surface area contributed by atoms with Gasteiger partial charge in [0.2, 0.25) is 0 Å². The molecule has 1 aromatic carbocycles. The number of nitrogens with zero attached hydrogens (tertiary/aromatic N) is 2. The number of thioether (sulfide) groups is 1. The summed E-state index contributed by atoms with van der Waals surface area (Å²) in [6, 6.07) is 2.97. The highest BCUT2D eigenvalue weighted by molar-refractivity contribution is 8.14. The van der Waals surface area contributed by atoms with Gasteiger partial charge in [-0.1, -0.05) is 42.2 Å². The van der Waals surface area contributed by atoms with Gasteiger partial charge in [0.05, 0.1) is 10.6 Å². The van der Waals surface area contributed by atoms with Gasteiger partial charge in [-0.3, -0.25) is 0 Å². The molecule has 1 rings (SSSR count). The summed E-state index contributed by atoms with van der Waals surface area (Å²) in [6.07, 6.45) is 0. The molecule has 0 spiro atoms. The number of phenols is 1. The van der Waals surface area contributed by atoms with Crippen LogP contribution in [-0.2, 0) is 0 Å². The van der Waals surface area contributed by atoms with Crippen LogP contribution in [0.25, 0.3) is 0 Å². The molecule has 2 N–H and O–H groups in total. The number of hydrogen-bond acceptors (Lipinski definition) is 5. The molecule has 0 aromatic heterocycles. The third-order valence-corrected chi connectivity index (χ3v) is 4.36. The summed E-state index contributed by atoms with van der Waals surface area (Å²) in [6.45, 7) is 7.00. The first kappa shape index (κ1) is 17.4. The van der Waals surface area contributed by atoms with Crippen molar-refractivity contribution in [3.05, 3.63) is 27.7 Å². The van der Waals surface area contributed by atoms with E-state index in [2.05, 4.69) is 23.9 Å². The number of aromatic hydroxyl groups is 1. The number of hydrogen-bond donors (Lipinski definition) is 2. The molecule has 0 bridgehead atoms. The van der Waals surface area contributed by atoms with Gasteiger partial charge in [-0.15, -0.1) is 11.8 Å². The van der Waals surface area contributed by atoms with Crippen molar-refractivity contribution in [1.29, 1.82) is 0 Å². The monoisotopic (exact) mass is 336 g/mol. The van der Waals surface area contributed by atoms with Crippen LogP contribution in [-0.4, -0.2) is 45.6 Å². The molecular weight excluding hydrogens is 319 g/mol. The van der Waals surface area contributed by atoms with E-state index in [-0.39, 0.29) is 10.8 Å². The molecule has 0 unspecified atom stereocenters. The van der Waals surface area contributed by atoms with Crippen LogP contribution >= 0.6 is 35.0 Å². The second-order valence-electron chi connectivity index (χ2n) is 4.06. The van der Waals surface area contributed by atoms with E-state index < -0.39 is 0 Å². The van der Waals surface area contributed by atoms with Crippen molar-refractivity contribution in [2.24, 2.45) is 5.16 Å². The summed E-state index contributed by atoms with van der Waals surface area (Å²) in [5, 5.41) is 23.1. The van der Waals surface area contributed by atoms with E-state index in [9.17, 15) is 5.11 Å². The number of halogens is 2. The zero-order chi connectivity index (χ0) is 15.1. The van der Waals surface area contributed by atoms with Gasteiger partial charge >= 0.3 is 0 Å². The SMILES string of the molecule is CCN(CC)CCS/C(=N/O)c1cc(Cl)cc(Cl)c1O. The topological polar surface area (TPSA) is 56.1 Å². The van der Waals surface area contributed by atoms with E-state index in [0.717, 1.165) is 25.4 Å². The Morgan fingerprint density at radius 1 is 1.30 bits per heavy atom. The van der Waals surface area contributed by atoms with Crippen LogP contribution < -0.4 is 0 Å². The molecule has 0 fully saturated rings. The summed E-state index contributed by atoms with van der Waals surface area (Å²) >= 11 is 13.1. The molecule has 0 atom stereocenters. The molecule has 0 heterocycles. The van der Waals surface area contributed by atoms with E-state index in [1.165, 1.54) is 23.9 Å². The maximum absolute atomic E-state index is 9.92. The maximum Gasteiger partial charge on any atom is 0.146 e. The molecule has 4 nitrogen and oxygen atoms in total. The molecule has 0 saturated carbocycles. The Morgan fingerprint density at radius 3 is 2.50 bits per heavy atom. The molecule has 0 saturated heterocycles.